The first-order valence-corrected chi connectivity index (χ1v) is 6.51. The molecule has 1 unspecified atom stereocenters. The number of nitrogens with zero attached hydrogens (tertiary/aromatic N) is 2. The molecule has 0 saturated heterocycles. The van der Waals surface area contributed by atoms with Crippen LogP contribution in [0.15, 0.2) is 30.7 Å². The number of aryl methyl sites for hydroxylation is 1. The number of nitrogens with two attached hydrogens (primary N) is 1. The molecule has 1 atom stereocenters. The van der Waals surface area contributed by atoms with Gasteiger partial charge in [0.15, 0.2) is 0 Å². The maximum Gasteiger partial charge on any atom is 0.0866 e. The minimum atomic E-state index is 0.190. The predicted molar refractivity (Wildman–Crippen MR) is 79.4 cm³/mol. The van der Waals surface area contributed by atoms with Gasteiger partial charge in [-0.05, 0) is 31.5 Å². The highest BCUT2D eigenvalue weighted by Gasteiger charge is 2.09. The molecular formula is C14H17ClN4. The van der Waals surface area contributed by atoms with Gasteiger partial charge >= 0.3 is 0 Å². The van der Waals surface area contributed by atoms with Crippen LogP contribution in [0.1, 0.15) is 18.2 Å². The van der Waals surface area contributed by atoms with E-state index in [2.05, 4.69) is 22.2 Å². The molecule has 1 aromatic heterocycles. The van der Waals surface area contributed by atoms with Crippen LogP contribution in [0, 0.1) is 6.92 Å². The number of halogens is 1. The van der Waals surface area contributed by atoms with Crippen molar-refractivity contribution in [3.63, 3.8) is 0 Å². The maximum atomic E-state index is 6.20. The van der Waals surface area contributed by atoms with E-state index in [-0.39, 0.29) is 6.04 Å². The summed E-state index contributed by atoms with van der Waals surface area (Å²) in [7, 11) is 0. The molecule has 0 amide bonds. The van der Waals surface area contributed by atoms with Crippen LogP contribution in [0.4, 0.5) is 11.4 Å². The summed E-state index contributed by atoms with van der Waals surface area (Å²) in [6, 6.07) is 4.04. The lowest BCUT2D eigenvalue weighted by Crippen LogP contribution is -2.19. The molecule has 19 heavy (non-hydrogen) atoms. The first-order chi connectivity index (χ1) is 9.06. The Morgan fingerprint density at radius 1 is 1.37 bits per heavy atom. The maximum absolute atomic E-state index is 6.20. The van der Waals surface area contributed by atoms with E-state index in [4.69, 9.17) is 17.3 Å². The van der Waals surface area contributed by atoms with Crippen LogP contribution in [0.2, 0.25) is 5.02 Å². The van der Waals surface area contributed by atoms with Crippen LogP contribution in [0.3, 0.4) is 0 Å². The van der Waals surface area contributed by atoms with Crippen molar-refractivity contribution in [2.45, 2.75) is 26.3 Å². The highest BCUT2D eigenvalue weighted by atomic mass is 35.5. The summed E-state index contributed by atoms with van der Waals surface area (Å²) in [5.41, 5.74) is 9.33. The summed E-state index contributed by atoms with van der Waals surface area (Å²) >= 11 is 6.20. The fourth-order valence-electron chi connectivity index (χ4n) is 1.97. The molecule has 2 rings (SSSR count). The zero-order chi connectivity index (χ0) is 13.8. The van der Waals surface area contributed by atoms with E-state index >= 15 is 0 Å². The van der Waals surface area contributed by atoms with Crippen LogP contribution in [0.5, 0.6) is 0 Å². The fourth-order valence-corrected chi connectivity index (χ4v) is 2.13. The molecule has 1 aromatic carbocycles. The van der Waals surface area contributed by atoms with Gasteiger partial charge in [0.25, 0.3) is 0 Å². The Morgan fingerprint density at radius 2 is 2.16 bits per heavy atom. The molecule has 5 heteroatoms. The summed E-state index contributed by atoms with van der Waals surface area (Å²) in [6.07, 6.45) is 5.90. The summed E-state index contributed by atoms with van der Waals surface area (Å²) in [5, 5.41) is 3.93. The Kier molecular flexibility index (Phi) is 4.22. The molecule has 0 saturated carbocycles. The number of rotatable bonds is 4. The SMILES string of the molecule is Cc1cc(N)c(Cl)c(NC(C)Cc2cnccn2)c1. The quantitative estimate of drug-likeness (QED) is 0.843. The highest BCUT2D eigenvalue weighted by Crippen LogP contribution is 2.30. The predicted octanol–water partition coefficient (Wildman–Crippen LogP) is 3.06. The van der Waals surface area contributed by atoms with E-state index in [0.717, 1.165) is 23.4 Å². The van der Waals surface area contributed by atoms with Crippen molar-refractivity contribution in [1.82, 2.24) is 9.97 Å². The second-order valence-corrected chi connectivity index (χ2v) is 5.04. The Bertz CT molecular complexity index is 557. The lowest BCUT2D eigenvalue weighted by atomic mass is 10.1. The summed E-state index contributed by atoms with van der Waals surface area (Å²) in [6.45, 7) is 4.06. The molecule has 0 aliphatic heterocycles. The molecule has 100 valence electrons. The van der Waals surface area contributed by atoms with Crippen molar-refractivity contribution in [1.29, 1.82) is 0 Å². The van der Waals surface area contributed by atoms with Crippen LogP contribution < -0.4 is 11.1 Å². The number of hydrogen-bond donors (Lipinski definition) is 2. The molecule has 0 bridgehead atoms. The minimum Gasteiger partial charge on any atom is -0.397 e. The first kappa shape index (κ1) is 13.6. The lowest BCUT2D eigenvalue weighted by Gasteiger charge is -2.17. The first-order valence-electron chi connectivity index (χ1n) is 6.13. The molecule has 3 N–H and O–H groups in total. The van der Waals surface area contributed by atoms with Crippen molar-refractivity contribution in [3.8, 4) is 0 Å². The van der Waals surface area contributed by atoms with Gasteiger partial charge in [-0.15, -0.1) is 0 Å². The van der Waals surface area contributed by atoms with Crippen LogP contribution in [-0.2, 0) is 6.42 Å². The summed E-state index contributed by atoms with van der Waals surface area (Å²) in [4.78, 5) is 8.31. The standard InChI is InChI=1S/C14H17ClN4/c1-9-5-12(16)14(15)13(6-9)19-10(2)7-11-8-17-3-4-18-11/h3-6,8,10,19H,7,16H2,1-2H3. The van der Waals surface area contributed by atoms with E-state index < -0.39 is 0 Å². The van der Waals surface area contributed by atoms with Crippen molar-refractivity contribution >= 4 is 23.0 Å². The van der Waals surface area contributed by atoms with Gasteiger partial charge in [0, 0.05) is 31.1 Å². The zero-order valence-electron chi connectivity index (χ0n) is 11.0. The van der Waals surface area contributed by atoms with E-state index in [1.807, 2.05) is 19.1 Å². The molecule has 0 aliphatic rings. The molecule has 4 nitrogen and oxygen atoms in total. The van der Waals surface area contributed by atoms with Gasteiger partial charge in [0.2, 0.25) is 0 Å². The molecular weight excluding hydrogens is 260 g/mol. The Balaban J connectivity index is 2.09. The Labute approximate surface area is 118 Å². The van der Waals surface area contributed by atoms with Crippen LogP contribution in [0.25, 0.3) is 0 Å². The minimum absolute atomic E-state index is 0.190. The Hall–Kier alpha value is -1.81. The van der Waals surface area contributed by atoms with Crippen molar-refractivity contribution in [2.75, 3.05) is 11.1 Å². The topological polar surface area (TPSA) is 63.8 Å². The lowest BCUT2D eigenvalue weighted by molar-refractivity contribution is 0.765. The summed E-state index contributed by atoms with van der Waals surface area (Å²) in [5.74, 6) is 0. The van der Waals surface area contributed by atoms with E-state index in [0.29, 0.717) is 10.7 Å². The normalized spacial score (nSPS) is 12.2. The highest BCUT2D eigenvalue weighted by molar-refractivity contribution is 6.35. The van der Waals surface area contributed by atoms with Gasteiger partial charge in [-0.25, -0.2) is 0 Å². The van der Waals surface area contributed by atoms with Crippen molar-refractivity contribution in [3.05, 3.63) is 47.0 Å². The fraction of sp³-hybridized carbons (Fsp3) is 0.286. The molecule has 0 aliphatic carbocycles. The zero-order valence-corrected chi connectivity index (χ0v) is 11.8. The van der Waals surface area contributed by atoms with Gasteiger partial charge in [-0.3, -0.25) is 9.97 Å². The average Bonchev–Trinajstić information content (AvgIpc) is 2.36. The Morgan fingerprint density at radius 3 is 2.84 bits per heavy atom. The van der Waals surface area contributed by atoms with Gasteiger partial charge < -0.3 is 11.1 Å². The third-order valence-electron chi connectivity index (χ3n) is 2.78. The third kappa shape index (κ3) is 3.58. The largest absolute Gasteiger partial charge is 0.397 e. The number of nitrogens with one attached hydrogen (secondary N) is 1. The van der Waals surface area contributed by atoms with E-state index in [9.17, 15) is 0 Å². The van der Waals surface area contributed by atoms with Crippen LogP contribution in [-0.4, -0.2) is 16.0 Å². The van der Waals surface area contributed by atoms with Gasteiger partial charge in [-0.1, -0.05) is 11.6 Å². The van der Waals surface area contributed by atoms with E-state index in [1.54, 1.807) is 18.6 Å². The number of benzene rings is 1. The number of aromatic nitrogens is 2. The molecule has 0 fully saturated rings. The van der Waals surface area contributed by atoms with Gasteiger partial charge in [-0.2, -0.15) is 0 Å². The monoisotopic (exact) mass is 276 g/mol. The van der Waals surface area contributed by atoms with Crippen LogP contribution >= 0.6 is 11.6 Å². The van der Waals surface area contributed by atoms with Crippen molar-refractivity contribution < 1.29 is 0 Å². The molecule has 0 radical (unpaired) electrons. The summed E-state index contributed by atoms with van der Waals surface area (Å²) < 4.78 is 0. The molecule has 0 spiro atoms. The molecule has 1 heterocycles. The van der Waals surface area contributed by atoms with Crippen molar-refractivity contribution in [2.24, 2.45) is 0 Å². The average molecular weight is 277 g/mol. The number of anilines is 2. The van der Waals surface area contributed by atoms with E-state index in [1.165, 1.54) is 0 Å². The van der Waals surface area contributed by atoms with Gasteiger partial charge in [0.1, 0.15) is 0 Å². The smallest absolute Gasteiger partial charge is 0.0866 e. The number of nitrogen functional groups attached to an aromatic ring is 1. The third-order valence-corrected chi connectivity index (χ3v) is 3.20. The number of hydrogen-bond acceptors (Lipinski definition) is 4. The second kappa shape index (κ2) is 5.89. The van der Waals surface area contributed by atoms with Gasteiger partial charge in [0.05, 0.1) is 22.1 Å². The molecule has 2 aromatic rings. The second-order valence-electron chi connectivity index (χ2n) is 4.66.